The van der Waals surface area contributed by atoms with Crippen LogP contribution in [0, 0.1) is 0 Å². The molecule has 0 atom stereocenters. The highest BCUT2D eigenvalue weighted by Crippen LogP contribution is 2.26. The number of aromatic nitrogens is 3. The fraction of sp³-hybridized carbons (Fsp3) is 0.250. The lowest BCUT2D eigenvalue weighted by Crippen LogP contribution is -2.41. The maximum absolute atomic E-state index is 13.0. The van der Waals surface area contributed by atoms with Crippen LogP contribution in [-0.2, 0) is 4.74 Å². The Balaban J connectivity index is 1.38. The lowest BCUT2D eigenvalue weighted by atomic mass is 10.2. The maximum Gasteiger partial charge on any atom is 0.253 e. The second-order valence-corrected chi connectivity index (χ2v) is 7.61. The van der Waals surface area contributed by atoms with E-state index in [9.17, 15) is 4.79 Å². The highest BCUT2D eigenvalue weighted by atomic mass is 16.5. The SMILES string of the molecule is O=C(NCCN1CCOCC1)c1cc(-c2cn(-c3ccccc3)cn2)n2ccccc12. The Morgan fingerprint density at radius 3 is 2.71 bits per heavy atom. The van der Waals surface area contributed by atoms with Crippen molar-refractivity contribution in [2.75, 3.05) is 39.4 Å². The average molecular weight is 415 g/mol. The molecular weight excluding hydrogens is 390 g/mol. The molecule has 0 aliphatic carbocycles. The Hall–Kier alpha value is -3.42. The first-order chi connectivity index (χ1) is 15.3. The van der Waals surface area contributed by atoms with Gasteiger partial charge in [-0.3, -0.25) is 9.69 Å². The Kier molecular flexibility index (Phi) is 5.52. The number of fused-ring (bicyclic) bond motifs is 1. The minimum atomic E-state index is -0.0642. The summed E-state index contributed by atoms with van der Waals surface area (Å²) in [5.41, 5.74) is 4.28. The standard InChI is InChI=1S/C24H25N5O2/c30-24(25-9-11-27-12-14-31-15-13-27)20-16-23(29-10-5-4-8-22(20)29)21-17-28(18-26-21)19-6-2-1-3-7-19/h1-8,10,16-18H,9,11-15H2,(H,25,30). The van der Waals surface area contributed by atoms with Crippen LogP contribution in [0.4, 0.5) is 0 Å². The summed E-state index contributed by atoms with van der Waals surface area (Å²) < 4.78 is 9.39. The van der Waals surface area contributed by atoms with Gasteiger partial charge < -0.3 is 19.0 Å². The zero-order valence-corrected chi connectivity index (χ0v) is 17.3. The van der Waals surface area contributed by atoms with Crippen LogP contribution in [-0.4, -0.2) is 64.2 Å². The Morgan fingerprint density at radius 1 is 1.06 bits per heavy atom. The molecule has 1 aliphatic heterocycles. The van der Waals surface area contributed by atoms with Crippen LogP contribution in [0.3, 0.4) is 0 Å². The average Bonchev–Trinajstić information content (AvgIpc) is 3.46. The zero-order valence-electron chi connectivity index (χ0n) is 17.3. The van der Waals surface area contributed by atoms with E-state index in [1.54, 1.807) is 6.33 Å². The Morgan fingerprint density at radius 2 is 1.87 bits per heavy atom. The fourth-order valence-corrected chi connectivity index (χ4v) is 3.98. The summed E-state index contributed by atoms with van der Waals surface area (Å²) in [4.78, 5) is 19.9. The van der Waals surface area contributed by atoms with Gasteiger partial charge in [-0.05, 0) is 30.3 Å². The van der Waals surface area contributed by atoms with Gasteiger partial charge in [0.25, 0.3) is 5.91 Å². The molecule has 0 bridgehead atoms. The third-order valence-corrected chi connectivity index (χ3v) is 5.64. The van der Waals surface area contributed by atoms with Crippen molar-refractivity contribution in [3.8, 4) is 17.1 Å². The van der Waals surface area contributed by atoms with Crippen molar-refractivity contribution in [1.82, 2.24) is 24.2 Å². The number of hydrogen-bond acceptors (Lipinski definition) is 4. The lowest BCUT2D eigenvalue weighted by Gasteiger charge is -2.26. The molecule has 7 nitrogen and oxygen atoms in total. The first-order valence-corrected chi connectivity index (χ1v) is 10.6. The molecular formula is C24H25N5O2. The molecule has 0 unspecified atom stereocenters. The van der Waals surface area contributed by atoms with Crippen LogP contribution in [0.25, 0.3) is 22.6 Å². The van der Waals surface area contributed by atoms with Crippen LogP contribution >= 0.6 is 0 Å². The van der Waals surface area contributed by atoms with Crippen molar-refractivity contribution < 1.29 is 9.53 Å². The first kappa shape index (κ1) is 19.5. The molecule has 4 heterocycles. The van der Waals surface area contributed by atoms with Gasteiger partial charge in [0.1, 0.15) is 5.69 Å². The van der Waals surface area contributed by atoms with Crippen molar-refractivity contribution in [3.63, 3.8) is 0 Å². The van der Waals surface area contributed by atoms with E-state index in [0.717, 1.165) is 55.4 Å². The summed E-state index contributed by atoms with van der Waals surface area (Å²) in [7, 11) is 0. The van der Waals surface area contributed by atoms with Crippen molar-refractivity contribution in [3.05, 3.63) is 78.9 Å². The van der Waals surface area contributed by atoms with Gasteiger partial charge in [-0.2, -0.15) is 0 Å². The van der Waals surface area contributed by atoms with Crippen LogP contribution < -0.4 is 5.32 Å². The molecule has 4 aromatic rings. The molecule has 158 valence electrons. The third-order valence-electron chi connectivity index (χ3n) is 5.64. The van der Waals surface area contributed by atoms with Gasteiger partial charge in [-0.15, -0.1) is 0 Å². The quantitative estimate of drug-likeness (QED) is 0.526. The molecule has 1 fully saturated rings. The van der Waals surface area contributed by atoms with Gasteiger partial charge in [-0.1, -0.05) is 24.3 Å². The minimum Gasteiger partial charge on any atom is -0.379 e. The Labute approximate surface area is 180 Å². The predicted octanol–water partition coefficient (Wildman–Crippen LogP) is 2.85. The van der Waals surface area contributed by atoms with Gasteiger partial charge in [0.2, 0.25) is 0 Å². The van der Waals surface area contributed by atoms with Crippen molar-refractivity contribution in [2.24, 2.45) is 0 Å². The van der Waals surface area contributed by atoms with Crippen LogP contribution in [0.15, 0.2) is 73.3 Å². The fourth-order valence-electron chi connectivity index (χ4n) is 3.98. The van der Waals surface area contributed by atoms with Crippen molar-refractivity contribution >= 4 is 11.4 Å². The van der Waals surface area contributed by atoms with Crippen LogP contribution in [0.2, 0.25) is 0 Å². The molecule has 7 heteroatoms. The molecule has 0 spiro atoms. The summed E-state index contributed by atoms with van der Waals surface area (Å²) in [6, 6.07) is 17.9. The third kappa shape index (κ3) is 4.10. The molecule has 3 aromatic heterocycles. The predicted molar refractivity (Wildman–Crippen MR) is 120 cm³/mol. The Bertz CT molecular complexity index is 1180. The number of amides is 1. The number of para-hydroxylation sites is 1. The van der Waals surface area contributed by atoms with E-state index in [1.807, 2.05) is 76.0 Å². The van der Waals surface area contributed by atoms with E-state index in [4.69, 9.17) is 4.74 Å². The number of imidazole rings is 1. The maximum atomic E-state index is 13.0. The molecule has 1 aliphatic rings. The lowest BCUT2D eigenvalue weighted by molar-refractivity contribution is 0.0383. The molecule has 5 rings (SSSR count). The van der Waals surface area contributed by atoms with E-state index in [0.29, 0.717) is 12.1 Å². The van der Waals surface area contributed by atoms with E-state index < -0.39 is 0 Å². The van der Waals surface area contributed by atoms with Gasteiger partial charge >= 0.3 is 0 Å². The smallest absolute Gasteiger partial charge is 0.253 e. The van der Waals surface area contributed by atoms with E-state index >= 15 is 0 Å². The number of benzene rings is 1. The number of carbonyl (C=O) groups excluding carboxylic acids is 1. The number of ether oxygens (including phenoxy) is 1. The van der Waals surface area contributed by atoms with E-state index in [2.05, 4.69) is 15.2 Å². The van der Waals surface area contributed by atoms with Crippen LogP contribution in [0.1, 0.15) is 10.4 Å². The summed E-state index contributed by atoms with van der Waals surface area (Å²) in [5, 5.41) is 3.07. The topological polar surface area (TPSA) is 63.8 Å². The highest BCUT2D eigenvalue weighted by Gasteiger charge is 2.18. The van der Waals surface area contributed by atoms with Gasteiger partial charge in [0, 0.05) is 44.3 Å². The summed E-state index contributed by atoms with van der Waals surface area (Å²) in [5.74, 6) is -0.0642. The second-order valence-electron chi connectivity index (χ2n) is 7.61. The monoisotopic (exact) mass is 415 g/mol. The van der Waals surface area contributed by atoms with E-state index in [1.165, 1.54) is 0 Å². The first-order valence-electron chi connectivity index (χ1n) is 10.6. The summed E-state index contributed by atoms with van der Waals surface area (Å²) in [6.45, 7) is 4.79. The second kappa shape index (κ2) is 8.75. The molecule has 31 heavy (non-hydrogen) atoms. The number of nitrogens with zero attached hydrogens (tertiary/aromatic N) is 4. The van der Waals surface area contributed by atoms with Crippen molar-refractivity contribution in [1.29, 1.82) is 0 Å². The van der Waals surface area contributed by atoms with E-state index in [-0.39, 0.29) is 5.91 Å². The molecule has 1 saturated heterocycles. The van der Waals surface area contributed by atoms with Gasteiger partial charge in [0.15, 0.2) is 0 Å². The van der Waals surface area contributed by atoms with Crippen LogP contribution in [0.5, 0.6) is 0 Å². The zero-order chi connectivity index (χ0) is 21.0. The number of hydrogen-bond donors (Lipinski definition) is 1. The minimum absolute atomic E-state index is 0.0642. The summed E-state index contributed by atoms with van der Waals surface area (Å²) >= 11 is 0. The molecule has 1 N–H and O–H groups in total. The largest absolute Gasteiger partial charge is 0.379 e. The molecule has 0 radical (unpaired) electrons. The van der Waals surface area contributed by atoms with Gasteiger partial charge in [-0.25, -0.2) is 4.98 Å². The number of morpholine rings is 1. The van der Waals surface area contributed by atoms with Gasteiger partial charge in [0.05, 0.1) is 36.3 Å². The highest BCUT2D eigenvalue weighted by molar-refractivity contribution is 6.02. The number of nitrogens with one attached hydrogen (secondary N) is 1. The number of carbonyl (C=O) groups is 1. The molecule has 0 saturated carbocycles. The van der Waals surface area contributed by atoms with Crippen molar-refractivity contribution in [2.45, 2.75) is 0 Å². The number of rotatable bonds is 6. The molecule has 1 aromatic carbocycles. The normalized spacial score (nSPS) is 14.7. The number of pyridine rings is 1. The molecule has 1 amide bonds. The summed E-state index contributed by atoms with van der Waals surface area (Å²) in [6.07, 6.45) is 5.76.